The van der Waals surface area contributed by atoms with Gasteiger partial charge in [-0.15, -0.1) is 0 Å². The molecule has 3 rings (SSSR count). The Morgan fingerprint density at radius 1 is 1.20 bits per heavy atom. The molecule has 1 heterocycles. The molecule has 0 radical (unpaired) electrons. The molecule has 0 aliphatic carbocycles. The van der Waals surface area contributed by atoms with E-state index in [0.29, 0.717) is 11.3 Å². The van der Waals surface area contributed by atoms with Crippen LogP contribution in [0, 0.1) is 12.7 Å². The summed E-state index contributed by atoms with van der Waals surface area (Å²) in [5, 5.41) is 2.82. The lowest BCUT2D eigenvalue weighted by Crippen LogP contribution is -2.13. The predicted octanol–water partition coefficient (Wildman–Crippen LogP) is 2.92. The molecule has 1 N–H and O–H groups in total. The second-order valence-corrected chi connectivity index (χ2v) is 4.72. The van der Waals surface area contributed by atoms with Crippen LogP contribution in [-0.2, 0) is 4.79 Å². The van der Waals surface area contributed by atoms with Crippen LogP contribution in [0.2, 0.25) is 0 Å². The van der Waals surface area contributed by atoms with Crippen molar-refractivity contribution in [2.24, 2.45) is 4.99 Å². The summed E-state index contributed by atoms with van der Waals surface area (Å²) in [6.07, 6.45) is 0. The van der Waals surface area contributed by atoms with E-state index < -0.39 is 0 Å². The summed E-state index contributed by atoms with van der Waals surface area (Å²) < 4.78 is 13.4. The van der Waals surface area contributed by atoms with Crippen LogP contribution < -0.4 is 5.32 Å². The molecular formula is C16H13FN2O. The van der Waals surface area contributed by atoms with Gasteiger partial charge in [0.1, 0.15) is 12.4 Å². The number of carbonyl (C=O) groups excluding carboxylic acids is 1. The van der Waals surface area contributed by atoms with Crippen molar-refractivity contribution >= 4 is 17.3 Å². The maximum Gasteiger partial charge on any atom is 0.246 e. The van der Waals surface area contributed by atoms with Gasteiger partial charge in [-0.05, 0) is 36.8 Å². The largest absolute Gasteiger partial charge is 0.324 e. The molecule has 0 spiro atoms. The molecule has 20 heavy (non-hydrogen) atoms. The number of hydrogen-bond acceptors (Lipinski definition) is 2. The van der Waals surface area contributed by atoms with E-state index >= 15 is 0 Å². The average Bonchev–Trinajstić information content (AvgIpc) is 2.60. The van der Waals surface area contributed by atoms with Crippen LogP contribution in [-0.4, -0.2) is 18.2 Å². The fourth-order valence-corrected chi connectivity index (χ4v) is 2.26. The SMILES string of the molecule is Cc1cc(C2=NCC(=O)Nc3ccccc32)ccc1F. The highest BCUT2D eigenvalue weighted by Crippen LogP contribution is 2.23. The van der Waals surface area contributed by atoms with Crippen molar-refractivity contribution in [3.8, 4) is 0 Å². The van der Waals surface area contributed by atoms with Crippen LogP contribution in [0.1, 0.15) is 16.7 Å². The number of para-hydroxylation sites is 1. The zero-order valence-corrected chi connectivity index (χ0v) is 11.0. The third kappa shape index (κ3) is 2.20. The van der Waals surface area contributed by atoms with E-state index in [1.165, 1.54) is 6.07 Å². The topological polar surface area (TPSA) is 41.5 Å². The fraction of sp³-hybridized carbons (Fsp3) is 0.125. The fourth-order valence-electron chi connectivity index (χ4n) is 2.26. The van der Waals surface area contributed by atoms with E-state index in [2.05, 4.69) is 10.3 Å². The molecule has 0 aromatic heterocycles. The van der Waals surface area contributed by atoms with Crippen molar-refractivity contribution in [3.05, 3.63) is 65.0 Å². The molecule has 1 aliphatic rings. The van der Waals surface area contributed by atoms with Crippen molar-refractivity contribution in [2.75, 3.05) is 11.9 Å². The molecule has 0 saturated carbocycles. The monoisotopic (exact) mass is 268 g/mol. The number of anilines is 1. The normalized spacial score (nSPS) is 14.1. The number of fused-ring (bicyclic) bond motifs is 1. The lowest BCUT2D eigenvalue weighted by molar-refractivity contribution is -0.114. The van der Waals surface area contributed by atoms with Crippen molar-refractivity contribution in [1.29, 1.82) is 0 Å². The maximum absolute atomic E-state index is 13.4. The van der Waals surface area contributed by atoms with Gasteiger partial charge in [-0.2, -0.15) is 0 Å². The highest BCUT2D eigenvalue weighted by molar-refractivity contribution is 6.19. The molecule has 3 nitrogen and oxygen atoms in total. The van der Waals surface area contributed by atoms with E-state index in [-0.39, 0.29) is 18.3 Å². The number of benzodiazepines with no additional fused rings is 1. The first kappa shape index (κ1) is 12.5. The number of aryl methyl sites for hydroxylation is 1. The molecule has 0 fully saturated rings. The van der Waals surface area contributed by atoms with Gasteiger partial charge in [0.15, 0.2) is 0 Å². The van der Waals surface area contributed by atoms with Gasteiger partial charge in [-0.3, -0.25) is 9.79 Å². The van der Waals surface area contributed by atoms with Gasteiger partial charge in [0.2, 0.25) is 5.91 Å². The molecule has 0 bridgehead atoms. The second kappa shape index (κ2) is 4.89. The minimum Gasteiger partial charge on any atom is -0.324 e. The summed E-state index contributed by atoms with van der Waals surface area (Å²) in [4.78, 5) is 16.0. The zero-order valence-electron chi connectivity index (χ0n) is 11.0. The van der Waals surface area contributed by atoms with Gasteiger partial charge in [0, 0.05) is 11.1 Å². The molecule has 0 unspecified atom stereocenters. The number of halogens is 1. The first-order chi connectivity index (χ1) is 9.65. The van der Waals surface area contributed by atoms with Crippen LogP contribution in [0.25, 0.3) is 0 Å². The number of amides is 1. The molecule has 2 aromatic rings. The van der Waals surface area contributed by atoms with Crippen LogP contribution in [0.3, 0.4) is 0 Å². The summed E-state index contributed by atoms with van der Waals surface area (Å²) in [5.41, 5.74) is 3.67. The number of benzene rings is 2. The van der Waals surface area contributed by atoms with Crippen LogP contribution in [0.15, 0.2) is 47.5 Å². The van der Waals surface area contributed by atoms with Crippen LogP contribution >= 0.6 is 0 Å². The van der Waals surface area contributed by atoms with E-state index in [0.717, 1.165) is 16.8 Å². The van der Waals surface area contributed by atoms with Crippen molar-refractivity contribution in [1.82, 2.24) is 0 Å². The maximum atomic E-state index is 13.4. The van der Waals surface area contributed by atoms with Gasteiger partial charge in [0.25, 0.3) is 0 Å². The summed E-state index contributed by atoms with van der Waals surface area (Å²) in [5.74, 6) is -0.392. The van der Waals surface area contributed by atoms with Crippen molar-refractivity contribution in [3.63, 3.8) is 0 Å². The van der Waals surface area contributed by atoms with E-state index in [1.807, 2.05) is 24.3 Å². The standard InChI is InChI=1S/C16H13FN2O/c1-10-8-11(6-7-13(10)17)16-12-4-2-3-5-14(12)19-15(20)9-18-16/h2-8H,9H2,1H3,(H,19,20). The van der Waals surface area contributed by atoms with Crippen molar-refractivity contribution < 1.29 is 9.18 Å². The van der Waals surface area contributed by atoms with Crippen LogP contribution in [0.5, 0.6) is 0 Å². The first-order valence-electron chi connectivity index (χ1n) is 6.35. The smallest absolute Gasteiger partial charge is 0.246 e. The highest BCUT2D eigenvalue weighted by atomic mass is 19.1. The van der Waals surface area contributed by atoms with E-state index in [1.54, 1.807) is 19.1 Å². The molecule has 0 saturated heterocycles. The number of aliphatic imine (C=N–C) groups is 1. The molecule has 4 heteroatoms. The third-order valence-electron chi connectivity index (χ3n) is 3.27. The number of hydrogen-bond donors (Lipinski definition) is 1. The number of nitrogens with one attached hydrogen (secondary N) is 1. The average molecular weight is 268 g/mol. The molecule has 0 atom stereocenters. The molecule has 1 aliphatic heterocycles. The Balaban J connectivity index is 2.17. The highest BCUT2D eigenvalue weighted by Gasteiger charge is 2.17. The third-order valence-corrected chi connectivity index (χ3v) is 3.27. The quantitative estimate of drug-likeness (QED) is 0.849. The minimum absolute atomic E-state index is 0.0699. The van der Waals surface area contributed by atoms with E-state index in [9.17, 15) is 9.18 Å². The second-order valence-electron chi connectivity index (χ2n) is 4.72. The Kier molecular flexibility index (Phi) is 3.06. The number of nitrogens with zero attached hydrogens (tertiary/aromatic N) is 1. The Morgan fingerprint density at radius 2 is 2.00 bits per heavy atom. The molecule has 100 valence electrons. The Hall–Kier alpha value is -2.49. The van der Waals surface area contributed by atoms with Gasteiger partial charge < -0.3 is 5.32 Å². The summed E-state index contributed by atoms with van der Waals surface area (Å²) in [6.45, 7) is 1.78. The lowest BCUT2D eigenvalue weighted by Gasteiger charge is -2.10. The van der Waals surface area contributed by atoms with E-state index in [4.69, 9.17) is 0 Å². The van der Waals surface area contributed by atoms with Gasteiger partial charge >= 0.3 is 0 Å². The summed E-state index contributed by atoms with van der Waals surface area (Å²) in [6, 6.07) is 12.4. The van der Waals surface area contributed by atoms with Crippen molar-refractivity contribution in [2.45, 2.75) is 6.92 Å². The molecule has 2 aromatic carbocycles. The number of rotatable bonds is 1. The Bertz CT molecular complexity index is 722. The first-order valence-corrected chi connectivity index (χ1v) is 6.35. The lowest BCUT2D eigenvalue weighted by atomic mass is 9.99. The van der Waals surface area contributed by atoms with Gasteiger partial charge in [0.05, 0.1) is 11.4 Å². The summed E-state index contributed by atoms with van der Waals surface area (Å²) >= 11 is 0. The predicted molar refractivity (Wildman–Crippen MR) is 76.7 cm³/mol. The Labute approximate surface area is 116 Å². The molecular weight excluding hydrogens is 255 g/mol. The van der Waals surface area contributed by atoms with Crippen LogP contribution in [0.4, 0.5) is 10.1 Å². The zero-order chi connectivity index (χ0) is 14.1. The number of carbonyl (C=O) groups is 1. The van der Waals surface area contributed by atoms with Gasteiger partial charge in [-0.25, -0.2) is 4.39 Å². The minimum atomic E-state index is -0.245. The van der Waals surface area contributed by atoms with Gasteiger partial charge in [-0.1, -0.05) is 18.2 Å². The Morgan fingerprint density at radius 3 is 2.80 bits per heavy atom. The summed E-state index contributed by atoms with van der Waals surface area (Å²) in [7, 11) is 0. The molecule has 1 amide bonds.